The average Bonchev–Trinajstić information content (AvgIpc) is 2.04. The van der Waals surface area contributed by atoms with Gasteiger partial charge in [-0.05, 0) is 5.92 Å². The Morgan fingerprint density at radius 1 is 1.07 bits per heavy atom. The number of aliphatic hydroxyl groups is 1. The molecular formula is C10H22O5. The lowest BCUT2D eigenvalue weighted by atomic mass is 10.2. The summed E-state index contributed by atoms with van der Waals surface area (Å²) >= 11 is 0. The Hall–Kier alpha value is -1.10. The molecule has 0 saturated heterocycles. The second kappa shape index (κ2) is 12.9. The number of carboxylic acid groups (broad SMARTS) is 2. The van der Waals surface area contributed by atoms with E-state index in [0.717, 1.165) is 6.92 Å². The summed E-state index contributed by atoms with van der Waals surface area (Å²) in [5, 5.41) is 23.6. The highest BCUT2D eigenvalue weighted by atomic mass is 16.4. The van der Waals surface area contributed by atoms with Crippen LogP contribution in [0.3, 0.4) is 0 Å². The van der Waals surface area contributed by atoms with Crippen molar-refractivity contribution in [1.82, 2.24) is 0 Å². The average molecular weight is 222 g/mol. The van der Waals surface area contributed by atoms with Crippen LogP contribution in [0.15, 0.2) is 0 Å². The quantitative estimate of drug-likeness (QED) is 0.657. The van der Waals surface area contributed by atoms with E-state index >= 15 is 0 Å². The van der Waals surface area contributed by atoms with E-state index in [1.165, 1.54) is 0 Å². The van der Waals surface area contributed by atoms with Crippen molar-refractivity contribution in [2.45, 2.75) is 34.6 Å². The van der Waals surface area contributed by atoms with Gasteiger partial charge >= 0.3 is 5.97 Å². The molecule has 0 aliphatic rings. The molecule has 0 aromatic rings. The van der Waals surface area contributed by atoms with Gasteiger partial charge in [0.25, 0.3) is 5.97 Å². The Morgan fingerprint density at radius 2 is 1.20 bits per heavy atom. The first-order valence-corrected chi connectivity index (χ1v) is 4.68. The van der Waals surface area contributed by atoms with Gasteiger partial charge in [0.15, 0.2) is 0 Å². The molecule has 0 saturated carbocycles. The van der Waals surface area contributed by atoms with E-state index in [0.29, 0.717) is 12.5 Å². The van der Waals surface area contributed by atoms with Gasteiger partial charge in [-0.25, -0.2) is 0 Å². The summed E-state index contributed by atoms with van der Waals surface area (Å²) in [7, 11) is 0. The molecule has 15 heavy (non-hydrogen) atoms. The number of rotatable bonds is 2. The normalized spacial score (nSPS) is 8.53. The van der Waals surface area contributed by atoms with Crippen LogP contribution in [-0.2, 0) is 9.59 Å². The van der Waals surface area contributed by atoms with Crippen LogP contribution < -0.4 is 0 Å². The standard InChI is InChI=1S/C4H8O2.C4H10O.C2H4O2/c1-3(2)4(5)6;1-4(2)3-5;1-2(3)4/h3H,1-2H3,(H,5,6);4-5H,3H2,1-2H3;1H3,(H,3,4). The maximum atomic E-state index is 9.70. The summed E-state index contributed by atoms with van der Waals surface area (Å²) in [5.41, 5.74) is 0. The lowest BCUT2D eigenvalue weighted by molar-refractivity contribution is -0.140. The van der Waals surface area contributed by atoms with Gasteiger partial charge in [0, 0.05) is 13.5 Å². The van der Waals surface area contributed by atoms with Crippen LogP contribution in [0.25, 0.3) is 0 Å². The van der Waals surface area contributed by atoms with Crippen molar-refractivity contribution in [1.29, 1.82) is 0 Å². The maximum absolute atomic E-state index is 9.70. The number of carbonyl (C=O) groups is 2. The van der Waals surface area contributed by atoms with Crippen molar-refractivity contribution in [3.63, 3.8) is 0 Å². The molecule has 0 unspecified atom stereocenters. The summed E-state index contributed by atoms with van der Waals surface area (Å²) in [6, 6.07) is 0. The van der Waals surface area contributed by atoms with Crippen molar-refractivity contribution in [2.75, 3.05) is 6.61 Å². The summed E-state index contributed by atoms with van der Waals surface area (Å²) in [5.74, 6) is -1.37. The van der Waals surface area contributed by atoms with E-state index in [1.54, 1.807) is 13.8 Å². The number of hydrogen-bond donors (Lipinski definition) is 3. The number of hydrogen-bond acceptors (Lipinski definition) is 3. The minimum atomic E-state index is -0.833. The fourth-order valence-corrected chi connectivity index (χ4v) is 0. The predicted molar refractivity (Wildman–Crippen MR) is 57.7 cm³/mol. The second-order valence-corrected chi connectivity index (χ2v) is 3.59. The van der Waals surface area contributed by atoms with Crippen molar-refractivity contribution < 1.29 is 24.9 Å². The van der Waals surface area contributed by atoms with Crippen LogP contribution in [0.4, 0.5) is 0 Å². The zero-order chi connectivity index (χ0) is 13.0. The van der Waals surface area contributed by atoms with E-state index in [1.807, 2.05) is 13.8 Å². The molecule has 0 rings (SSSR count). The molecule has 3 N–H and O–H groups in total. The number of carboxylic acids is 2. The van der Waals surface area contributed by atoms with Gasteiger partial charge in [-0.1, -0.05) is 27.7 Å². The summed E-state index contributed by atoms with van der Waals surface area (Å²) in [6.45, 7) is 8.62. The minimum Gasteiger partial charge on any atom is -0.481 e. The highest BCUT2D eigenvalue weighted by Gasteiger charge is 1.99. The Bertz CT molecular complexity index is 159. The summed E-state index contributed by atoms with van der Waals surface area (Å²) in [4.78, 5) is 18.7. The molecule has 0 amide bonds. The van der Waals surface area contributed by atoms with Crippen LogP contribution in [0.1, 0.15) is 34.6 Å². The van der Waals surface area contributed by atoms with Gasteiger partial charge in [0.2, 0.25) is 0 Å². The molecule has 0 fully saturated rings. The molecule has 0 aliphatic carbocycles. The fourth-order valence-electron chi connectivity index (χ4n) is 0. The third-order valence-electron chi connectivity index (χ3n) is 0.859. The molecule has 0 bridgehead atoms. The SMILES string of the molecule is CC(=O)O.CC(C)C(=O)O.CC(C)CO. The third-order valence-corrected chi connectivity index (χ3v) is 0.859. The highest BCUT2D eigenvalue weighted by Crippen LogP contribution is 1.87. The molecule has 0 atom stereocenters. The molecule has 0 radical (unpaired) electrons. The third kappa shape index (κ3) is 63.8. The Labute approximate surface area is 90.7 Å². The van der Waals surface area contributed by atoms with Crippen LogP contribution in [0, 0.1) is 11.8 Å². The Kier molecular flexibility index (Phi) is 16.7. The topological polar surface area (TPSA) is 94.8 Å². The summed E-state index contributed by atoms with van der Waals surface area (Å²) < 4.78 is 0. The van der Waals surface area contributed by atoms with E-state index in [4.69, 9.17) is 20.1 Å². The van der Waals surface area contributed by atoms with Crippen LogP contribution >= 0.6 is 0 Å². The van der Waals surface area contributed by atoms with Gasteiger partial charge in [-0.3, -0.25) is 9.59 Å². The van der Waals surface area contributed by atoms with E-state index in [9.17, 15) is 4.79 Å². The lowest BCUT2D eigenvalue weighted by Gasteiger charge is -1.90. The largest absolute Gasteiger partial charge is 0.481 e. The van der Waals surface area contributed by atoms with Crippen molar-refractivity contribution >= 4 is 11.9 Å². The van der Waals surface area contributed by atoms with Gasteiger partial charge in [-0.15, -0.1) is 0 Å². The Morgan fingerprint density at radius 3 is 1.20 bits per heavy atom. The first kappa shape index (κ1) is 19.5. The second-order valence-electron chi connectivity index (χ2n) is 3.59. The Balaban J connectivity index is -0.000000147. The van der Waals surface area contributed by atoms with E-state index in [-0.39, 0.29) is 5.92 Å². The molecule has 0 aromatic heterocycles. The van der Waals surface area contributed by atoms with Gasteiger partial charge in [0.1, 0.15) is 0 Å². The maximum Gasteiger partial charge on any atom is 0.305 e. The van der Waals surface area contributed by atoms with Crippen molar-refractivity contribution in [3.05, 3.63) is 0 Å². The molecule has 0 spiro atoms. The fraction of sp³-hybridized carbons (Fsp3) is 0.800. The molecule has 92 valence electrons. The zero-order valence-electron chi connectivity index (χ0n) is 10.0. The number of aliphatic hydroxyl groups excluding tert-OH is 1. The first-order chi connectivity index (χ1) is 6.64. The summed E-state index contributed by atoms with van der Waals surface area (Å²) in [6.07, 6.45) is 0. The lowest BCUT2D eigenvalue weighted by Crippen LogP contribution is -2.03. The molecule has 0 aliphatic heterocycles. The molecule has 0 heterocycles. The molecule has 5 heteroatoms. The monoisotopic (exact) mass is 222 g/mol. The van der Waals surface area contributed by atoms with Crippen molar-refractivity contribution in [3.8, 4) is 0 Å². The zero-order valence-corrected chi connectivity index (χ0v) is 10.0. The molecular weight excluding hydrogens is 200 g/mol. The van der Waals surface area contributed by atoms with Crippen LogP contribution in [0.5, 0.6) is 0 Å². The van der Waals surface area contributed by atoms with E-state index < -0.39 is 11.9 Å². The van der Waals surface area contributed by atoms with Crippen LogP contribution in [-0.4, -0.2) is 33.9 Å². The number of aliphatic carboxylic acids is 2. The first-order valence-electron chi connectivity index (χ1n) is 4.68. The van der Waals surface area contributed by atoms with Gasteiger partial charge < -0.3 is 15.3 Å². The van der Waals surface area contributed by atoms with Gasteiger partial charge in [-0.2, -0.15) is 0 Å². The minimum absolute atomic E-state index is 0.231. The van der Waals surface area contributed by atoms with Gasteiger partial charge in [0.05, 0.1) is 5.92 Å². The molecule has 5 nitrogen and oxygen atoms in total. The highest BCUT2D eigenvalue weighted by molar-refractivity contribution is 5.68. The van der Waals surface area contributed by atoms with Crippen molar-refractivity contribution in [2.24, 2.45) is 11.8 Å². The smallest absolute Gasteiger partial charge is 0.305 e. The van der Waals surface area contributed by atoms with Crippen LogP contribution in [0.2, 0.25) is 0 Å². The van der Waals surface area contributed by atoms with E-state index in [2.05, 4.69) is 0 Å². The molecule has 0 aromatic carbocycles. The predicted octanol–water partition coefficient (Wildman–Crippen LogP) is 1.45.